The van der Waals surface area contributed by atoms with Gasteiger partial charge in [0.15, 0.2) is 0 Å². The van der Waals surface area contributed by atoms with Crippen molar-refractivity contribution in [3.8, 4) is 10.7 Å². The van der Waals surface area contributed by atoms with Crippen LogP contribution in [0.2, 0.25) is 0 Å². The molecule has 0 aliphatic carbocycles. The largest absolute Gasteiger partial charge is 0.395 e. The molecule has 0 saturated heterocycles. The second-order valence-corrected chi connectivity index (χ2v) is 5.57. The zero-order valence-electron chi connectivity index (χ0n) is 11.8. The van der Waals surface area contributed by atoms with E-state index in [1.165, 1.54) is 0 Å². The normalized spacial score (nSPS) is 11.2. The average molecular weight is 291 g/mol. The number of aliphatic hydroxyl groups is 1. The summed E-state index contributed by atoms with van der Waals surface area (Å²) in [5.41, 5.74) is 1.98. The van der Waals surface area contributed by atoms with E-state index in [4.69, 9.17) is 5.11 Å². The number of hydrogen-bond donors (Lipinski definition) is 1. The number of aromatic nitrogens is 2. The fraction of sp³-hybridized carbons (Fsp3) is 0.467. The smallest absolute Gasteiger partial charge is 0.142 e. The molecular weight excluding hydrogens is 270 g/mol. The van der Waals surface area contributed by atoms with Crippen molar-refractivity contribution < 1.29 is 5.11 Å². The van der Waals surface area contributed by atoms with Crippen molar-refractivity contribution in [3.05, 3.63) is 35.5 Å². The molecule has 1 N–H and O–H groups in total. The van der Waals surface area contributed by atoms with E-state index in [-0.39, 0.29) is 6.61 Å². The lowest BCUT2D eigenvalue weighted by Gasteiger charge is -2.19. The van der Waals surface area contributed by atoms with Crippen LogP contribution >= 0.6 is 11.3 Å². The minimum atomic E-state index is 0.195. The summed E-state index contributed by atoms with van der Waals surface area (Å²) in [6.07, 6.45) is 4.10. The number of hydrogen-bond acceptors (Lipinski definition) is 5. The molecule has 0 spiro atoms. The molecule has 0 fully saturated rings. The minimum Gasteiger partial charge on any atom is -0.395 e. The van der Waals surface area contributed by atoms with Gasteiger partial charge in [0.25, 0.3) is 0 Å². The Balaban J connectivity index is 2.00. The highest BCUT2D eigenvalue weighted by atomic mass is 32.1. The lowest BCUT2D eigenvalue weighted by atomic mass is 10.3. The first-order valence-corrected chi connectivity index (χ1v) is 7.90. The molecule has 5 heteroatoms. The van der Waals surface area contributed by atoms with Crippen LogP contribution in [0.15, 0.2) is 29.8 Å². The van der Waals surface area contributed by atoms with Crippen LogP contribution in [0.5, 0.6) is 0 Å². The Bertz CT molecular complexity index is 501. The van der Waals surface area contributed by atoms with E-state index in [9.17, 15) is 0 Å². The number of pyridine rings is 1. The second kappa shape index (κ2) is 8.09. The maximum Gasteiger partial charge on any atom is 0.142 e. The van der Waals surface area contributed by atoms with Gasteiger partial charge in [0.2, 0.25) is 0 Å². The maximum absolute atomic E-state index is 9.13. The molecule has 0 aliphatic rings. The van der Waals surface area contributed by atoms with Crippen LogP contribution in [0, 0.1) is 0 Å². The summed E-state index contributed by atoms with van der Waals surface area (Å²) in [6, 6.07) is 5.86. The van der Waals surface area contributed by atoms with E-state index in [0.29, 0.717) is 6.54 Å². The van der Waals surface area contributed by atoms with E-state index in [2.05, 4.69) is 27.2 Å². The van der Waals surface area contributed by atoms with E-state index >= 15 is 0 Å². The van der Waals surface area contributed by atoms with Crippen molar-refractivity contribution in [2.45, 2.75) is 26.3 Å². The van der Waals surface area contributed by atoms with Crippen LogP contribution in [0.25, 0.3) is 10.7 Å². The molecule has 2 aromatic rings. The predicted molar refractivity (Wildman–Crippen MR) is 82.6 cm³/mol. The Hall–Kier alpha value is -1.30. The van der Waals surface area contributed by atoms with Gasteiger partial charge in [-0.3, -0.25) is 9.88 Å². The predicted octanol–water partition coefficient (Wildman–Crippen LogP) is 2.80. The monoisotopic (exact) mass is 291 g/mol. The zero-order chi connectivity index (χ0) is 14.2. The Labute approximate surface area is 124 Å². The molecule has 0 radical (unpaired) electrons. The van der Waals surface area contributed by atoms with E-state index in [0.717, 1.165) is 42.3 Å². The number of thiazole rings is 1. The number of nitrogens with zero attached hydrogens (tertiary/aromatic N) is 3. The highest BCUT2D eigenvalue weighted by molar-refractivity contribution is 7.13. The highest BCUT2D eigenvalue weighted by Crippen LogP contribution is 2.22. The van der Waals surface area contributed by atoms with E-state index < -0.39 is 0 Å². The van der Waals surface area contributed by atoms with Gasteiger partial charge in [0.1, 0.15) is 5.01 Å². The van der Waals surface area contributed by atoms with E-state index in [1.807, 2.05) is 18.2 Å². The van der Waals surface area contributed by atoms with Gasteiger partial charge in [-0.1, -0.05) is 19.4 Å². The molecule has 4 nitrogen and oxygen atoms in total. The molecule has 2 rings (SSSR count). The van der Waals surface area contributed by atoms with Gasteiger partial charge in [0, 0.05) is 24.7 Å². The first-order valence-electron chi connectivity index (χ1n) is 7.02. The van der Waals surface area contributed by atoms with Gasteiger partial charge in [-0.25, -0.2) is 4.98 Å². The van der Waals surface area contributed by atoms with Crippen molar-refractivity contribution in [1.82, 2.24) is 14.9 Å². The summed E-state index contributed by atoms with van der Waals surface area (Å²) in [7, 11) is 0. The highest BCUT2D eigenvalue weighted by Gasteiger charge is 2.09. The summed E-state index contributed by atoms with van der Waals surface area (Å²) in [4.78, 5) is 11.2. The Morgan fingerprint density at radius 2 is 2.20 bits per heavy atom. The first-order chi connectivity index (χ1) is 9.83. The van der Waals surface area contributed by atoms with Gasteiger partial charge in [-0.05, 0) is 25.1 Å². The summed E-state index contributed by atoms with van der Waals surface area (Å²) in [5, 5.41) is 12.2. The van der Waals surface area contributed by atoms with Crippen LogP contribution in [0.4, 0.5) is 0 Å². The van der Waals surface area contributed by atoms with Gasteiger partial charge >= 0.3 is 0 Å². The molecule has 0 saturated carbocycles. The average Bonchev–Trinajstić information content (AvgIpc) is 2.94. The molecule has 2 aromatic heterocycles. The molecule has 2 heterocycles. The molecule has 0 amide bonds. The fourth-order valence-corrected chi connectivity index (χ4v) is 2.80. The van der Waals surface area contributed by atoms with Gasteiger partial charge in [-0.2, -0.15) is 0 Å². The maximum atomic E-state index is 9.13. The Kier molecular flexibility index (Phi) is 6.11. The fourth-order valence-electron chi connectivity index (χ4n) is 2.01. The molecular formula is C15H21N3OS. The van der Waals surface area contributed by atoms with Crippen molar-refractivity contribution in [1.29, 1.82) is 0 Å². The third-order valence-corrected chi connectivity index (χ3v) is 3.98. The number of aliphatic hydroxyl groups excluding tert-OH is 1. The molecule has 0 aliphatic heterocycles. The lowest BCUT2D eigenvalue weighted by molar-refractivity contribution is 0.187. The van der Waals surface area contributed by atoms with Crippen molar-refractivity contribution in [3.63, 3.8) is 0 Å². The molecule has 0 aromatic carbocycles. The van der Waals surface area contributed by atoms with Gasteiger partial charge in [0.05, 0.1) is 18.0 Å². The Morgan fingerprint density at radius 1 is 1.30 bits per heavy atom. The minimum absolute atomic E-state index is 0.195. The van der Waals surface area contributed by atoms with Crippen LogP contribution in [0.1, 0.15) is 25.5 Å². The van der Waals surface area contributed by atoms with Gasteiger partial charge < -0.3 is 5.11 Å². The van der Waals surface area contributed by atoms with Crippen molar-refractivity contribution in [2.75, 3.05) is 19.7 Å². The molecule has 20 heavy (non-hydrogen) atoms. The van der Waals surface area contributed by atoms with Crippen LogP contribution in [0.3, 0.4) is 0 Å². The molecule has 0 unspecified atom stereocenters. The topological polar surface area (TPSA) is 49.2 Å². The summed E-state index contributed by atoms with van der Waals surface area (Å²) in [5.74, 6) is 0. The third kappa shape index (κ3) is 4.37. The van der Waals surface area contributed by atoms with Gasteiger partial charge in [-0.15, -0.1) is 11.3 Å². The quantitative estimate of drug-likeness (QED) is 0.812. The molecule has 0 atom stereocenters. The molecule has 108 valence electrons. The summed E-state index contributed by atoms with van der Waals surface area (Å²) in [6.45, 7) is 4.88. The van der Waals surface area contributed by atoms with Crippen LogP contribution in [-0.4, -0.2) is 39.7 Å². The van der Waals surface area contributed by atoms with Crippen LogP contribution < -0.4 is 0 Å². The first kappa shape index (κ1) is 15.1. The van der Waals surface area contributed by atoms with Crippen molar-refractivity contribution in [2.24, 2.45) is 0 Å². The summed E-state index contributed by atoms with van der Waals surface area (Å²) >= 11 is 1.62. The summed E-state index contributed by atoms with van der Waals surface area (Å²) < 4.78 is 0. The van der Waals surface area contributed by atoms with E-state index in [1.54, 1.807) is 17.5 Å². The molecule has 0 bridgehead atoms. The lowest BCUT2D eigenvalue weighted by Crippen LogP contribution is -2.27. The van der Waals surface area contributed by atoms with Crippen molar-refractivity contribution >= 4 is 11.3 Å². The second-order valence-electron chi connectivity index (χ2n) is 4.71. The third-order valence-electron chi connectivity index (χ3n) is 3.07. The van der Waals surface area contributed by atoms with Crippen LogP contribution in [-0.2, 0) is 6.54 Å². The zero-order valence-corrected chi connectivity index (χ0v) is 12.6. The number of rotatable bonds is 8. The standard InChI is InChI=1S/C15H21N3OS/c1-2-3-8-18(9-10-19)11-13-12-20-15(17-13)14-6-4-5-7-16-14/h4-7,12,19H,2-3,8-11H2,1H3. The number of unbranched alkanes of at least 4 members (excludes halogenated alkanes) is 1. The Morgan fingerprint density at radius 3 is 2.90 bits per heavy atom. The SMILES string of the molecule is CCCCN(CCO)Cc1csc(-c2ccccn2)n1.